The molecule has 0 fully saturated rings. The number of hydrogen-bond donors (Lipinski definition) is 0. The Morgan fingerprint density at radius 3 is 2.80 bits per heavy atom. The maximum Gasteiger partial charge on any atom is 0.138 e. The number of aromatic nitrogens is 7. The van der Waals surface area contributed by atoms with Crippen LogP contribution in [0, 0.1) is 5.92 Å². The molecule has 0 aliphatic heterocycles. The van der Waals surface area contributed by atoms with E-state index in [9.17, 15) is 0 Å². The summed E-state index contributed by atoms with van der Waals surface area (Å²) in [7, 11) is 0. The van der Waals surface area contributed by atoms with Gasteiger partial charge in [0, 0.05) is 36.7 Å². The zero-order valence-corrected chi connectivity index (χ0v) is 10.9. The smallest absolute Gasteiger partial charge is 0.138 e. The maximum atomic E-state index is 4.37. The fourth-order valence-electron chi connectivity index (χ4n) is 2.04. The second-order valence-electron chi connectivity index (χ2n) is 4.49. The van der Waals surface area contributed by atoms with E-state index in [-0.39, 0.29) is 0 Å². The van der Waals surface area contributed by atoms with Crippen molar-refractivity contribution < 1.29 is 0 Å². The number of nitrogens with zero attached hydrogens (tertiary/aromatic N) is 7. The van der Waals surface area contributed by atoms with Gasteiger partial charge < -0.3 is 4.57 Å². The van der Waals surface area contributed by atoms with Crippen molar-refractivity contribution in [2.45, 2.75) is 19.5 Å². The lowest BCUT2D eigenvalue weighted by Crippen LogP contribution is -2.18. The van der Waals surface area contributed by atoms with Gasteiger partial charge in [0.05, 0.1) is 12.9 Å². The van der Waals surface area contributed by atoms with Gasteiger partial charge in [0.15, 0.2) is 0 Å². The lowest BCUT2D eigenvalue weighted by atomic mass is 10.0. The van der Waals surface area contributed by atoms with Crippen LogP contribution < -0.4 is 0 Å². The van der Waals surface area contributed by atoms with Crippen LogP contribution in [0.3, 0.4) is 0 Å². The minimum atomic E-state index is 0.668. The van der Waals surface area contributed by atoms with Crippen molar-refractivity contribution in [2.24, 2.45) is 0 Å². The molecule has 0 bridgehead atoms. The fourth-order valence-corrected chi connectivity index (χ4v) is 2.04. The van der Waals surface area contributed by atoms with E-state index in [2.05, 4.69) is 25.5 Å². The van der Waals surface area contributed by atoms with E-state index < -0.39 is 0 Å². The Morgan fingerprint density at radius 1 is 1.10 bits per heavy atom. The first-order valence-corrected chi connectivity index (χ1v) is 6.30. The molecule has 1 radical (unpaired) electrons. The van der Waals surface area contributed by atoms with Crippen LogP contribution in [0.25, 0.3) is 0 Å². The Hall–Kier alpha value is -2.57. The quantitative estimate of drug-likeness (QED) is 0.660. The molecule has 101 valence electrons. The van der Waals surface area contributed by atoms with Crippen molar-refractivity contribution in [1.82, 2.24) is 34.7 Å². The average molecular weight is 268 g/mol. The van der Waals surface area contributed by atoms with E-state index in [0.717, 1.165) is 18.7 Å². The van der Waals surface area contributed by atoms with Gasteiger partial charge in [-0.05, 0) is 29.0 Å². The van der Waals surface area contributed by atoms with E-state index in [4.69, 9.17) is 0 Å². The highest BCUT2D eigenvalue weighted by Gasteiger charge is 2.14. The van der Waals surface area contributed by atoms with Gasteiger partial charge in [-0.3, -0.25) is 4.98 Å². The maximum absolute atomic E-state index is 4.37. The van der Waals surface area contributed by atoms with Crippen molar-refractivity contribution in [3.63, 3.8) is 0 Å². The minimum absolute atomic E-state index is 0.668. The molecule has 3 aromatic heterocycles. The van der Waals surface area contributed by atoms with Crippen LogP contribution in [-0.4, -0.2) is 34.7 Å². The molecule has 0 spiro atoms. The van der Waals surface area contributed by atoms with Gasteiger partial charge in [-0.1, -0.05) is 6.07 Å². The normalized spacial score (nSPS) is 11.1. The molecule has 0 aromatic carbocycles. The predicted octanol–water partition coefficient (Wildman–Crippen LogP) is 0.782. The van der Waals surface area contributed by atoms with Crippen LogP contribution in [0.2, 0.25) is 0 Å². The largest absolute Gasteiger partial charge is 0.337 e. The number of imidazole rings is 1. The van der Waals surface area contributed by atoms with Crippen molar-refractivity contribution >= 4 is 0 Å². The fraction of sp³-hybridized carbons (Fsp3) is 0.231. The van der Waals surface area contributed by atoms with Gasteiger partial charge >= 0.3 is 0 Å². The molecule has 3 rings (SSSR count). The van der Waals surface area contributed by atoms with Crippen molar-refractivity contribution in [1.29, 1.82) is 0 Å². The zero-order chi connectivity index (χ0) is 13.6. The summed E-state index contributed by atoms with van der Waals surface area (Å²) >= 11 is 0. The Kier molecular flexibility index (Phi) is 3.77. The summed E-state index contributed by atoms with van der Waals surface area (Å²) in [4.78, 5) is 8.44. The van der Waals surface area contributed by atoms with Gasteiger partial charge in [0.2, 0.25) is 0 Å². The van der Waals surface area contributed by atoms with Crippen molar-refractivity contribution in [3.8, 4) is 0 Å². The Balaban J connectivity index is 1.72. The van der Waals surface area contributed by atoms with Crippen molar-refractivity contribution in [3.05, 3.63) is 61.1 Å². The highest BCUT2D eigenvalue weighted by Crippen LogP contribution is 2.13. The lowest BCUT2D eigenvalue weighted by Gasteiger charge is -2.16. The SMILES string of the molecule is c1ccc(C[C](Cn2ccnc2)Cn2cnnn2)nc1. The standard InChI is InChI=1S/C13H14N7/c1-2-4-15-13(3-1)7-12(8-19-6-5-14-10-19)9-20-11-16-17-18-20/h1-6,10-11H,7-9H2. The molecule has 7 nitrogen and oxygen atoms in total. The molecule has 3 heterocycles. The highest BCUT2D eigenvalue weighted by molar-refractivity contribution is 5.10. The van der Waals surface area contributed by atoms with E-state index >= 15 is 0 Å². The summed E-state index contributed by atoms with van der Waals surface area (Å²) in [5.74, 6) is 1.26. The molecule has 0 saturated heterocycles. The van der Waals surface area contributed by atoms with Gasteiger partial charge in [-0.15, -0.1) is 5.10 Å². The molecule has 0 unspecified atom stereocenters. The van der Waals surface area contributed by atoms with Gasteiger partial charge in [0.1, 0.15) is 6.33 Å². The van der Waals surface area contributed by atoms with Gasteiger partial charge in [-0.25, -0.2) is 9.67 Å². The molecule has 20 heavy (non-hydrogen) atoms. The summed E-state index contributed by atoms with van der Waals surface area (Å²) in [5, 5.41) is 11.2. The third-order valence-corrected chi connectivity index (χ3v) is 2.90. The van der Waals surface area contributed by atoms with Crippen molar-refractivity contribution in [2.75, 3.05) is 0 Å². The summed E-state index contributed by atoms with van der Waals surface area (Å²) in [5.41, 5.74) is 1.04. The molecule has 0 aliphatic rings. The Bertz CT molecular complexity index is 567. The Labute approximate surface area is 116 Å². The van der Waals surface area contributed by atoms with Gasteiger partial charge in [0.25, 0.3) is 0 Å². The molecule has 0 saturated carbocycles. The van der Waals surface area contributed by atoms with Crippen LogP contribution >= 0.6 is 0 Å². The predicted molar refractivity (Wildman–Crippen MR) is 71.2 cm³/mol. The number of hydrogen-bond acceptors (Lipinski definition) is 5. The number of pyridine rings is 1. The third kappa shape index (κ3) is 3.25. The minimum Gasteiger partial charge on any atom is -0.337 e. The molecule has 0 aliphatic carbocycles. The molecule has 0 atom stereocenters. The topological polar surface area (TPSA) is 74.3 Å². The summed E-state index contributed by atoms with van der Waals surface area (Å²) in [6.45, 7) is 1.44. The third-order valence-electron chi connectivity index (χ3n) is 2.90. The van der Waals surface area contributed by atoms with Gasteiger partial charge in [-0.2, -0.15) is 0 Å². The molecule has 7 heteroatoms. The lowest BCUT2D eigenvalue weighted by molar-refractivity contribution is 0.528. The van der Waals surface area contributed by atoms with Crippen LogP contribution in [0.15, 0.2) is 49.4 Å². The molecular weight excluding hydrogens is 254 g/mol. The van der Waals surface area contributed by atoms with E-state index in [1.807, 2.05) is 29.0 Å². The molecule has 3 aromatic rings. The number of tetrazole rings is 1. The summed E-state index contributed by atoms with van der Waals surface area (Å²) in [6.07, 6.45) is 9.73. The van der Waals surface area contributed by atoms with E-state index in [1.54, 1.807) is 29.7 Å². The van der Waals surface area contributed by atoms with Crippen LogP contribution in [0.1, 0.15) is 5.69 Å². The Morgan fingerprint density at radius 2 is 2.10 bits per heavy atom. The second kappa shape index (κ2) is 6.05. The zero-order valence-electron chi connectivity index (χ0n) is 10.9. The molecular formula is C13H14N7. The molecule has 0 N–H and O–H groups in total. The number of rotatable bonds is 6. The van der Waals surface area contributed by atoms with E-state index in [1.165, 1.54) is 5.92 Å². The first-order chi connectivity index (χ1) is 9.90. The first-order valence-electron chi connectivity index (χ1n) is 6.30. The average Bonchev–Trinajstić information content (AvgIpc) is 3.13. The van der Waals surface area contributed by atoms with Crippen LogP contribution in [-0.2, 0) is 19.5 Å². The van der Waals surface area contributed by atoms with Crippen LogP contribution in [0.4, 0.5) is 0 Å². The monoisotopic (exact) mass is 268 g/mol. The van der Waals surface area contributed by atoms with E-state index in [0.29, 0.717) is 6.54 Å². The van der Waals surface area contributed by atoms with Crippen LogP contribution in [0.5, 0.6) is 0 Å². The summed E-state index contributed by atoms with van der Waals surface area (Å²) in [6, 6.07) is 5.93. The highest BCUT2D eigenvalue weighted by atomic mass is 15.5. The molecule has 0 amide bonds. The second-order valence-corrected chi connectivity index (χ2v) is 4.49. The summed E-state index contributed by atoms with van der Waals surface area (Å²) < 4.78 is 3.75. The first kappa shape index (κ1) is 12.5.